The van der Waals surface area contributed by atoms with Crippen molar-refractivity contribution in [2.45, 2.75) is 99.6 Å². The topological polar surface area (TPSA) is 79.0 Å². The first kappa shape index (κ1) is 24.2. The lowest BCUT2D eigenvalue weighted by Crippen LogP contribution is -2.78. The number of aromatic nitrogens is 1. The van der Waals surface area contributed by atoms with Gasteiger partial charge in [-0.3, -0.25) is 0 Å². The molecule has 2 N–H and O–H groups in total. The Labute approximate surface area is 215 Å². The molecule has 37 heavy (non-hydrogen) atoms. The Morgan fingerprint density at radius 3 is 2.65 bits per heavy atom. The maximum Gasteiger partial charge on any atom is 0.192 e. The van der Waals surface area contributed by atoms with Crippen LogP contribution in [0.2, 0.25) is 0 Å². The number of halogens is 2. The van der Waals surface area contributed by atoms with Crippen molar-refractivity contribution in [1.29, 1.82) is 0 Å². The Morgan fingerprint density at radius 1 is 1.11 bits per heavy atom. The van der Waals surface area contributed by atoms with Crippen LogP contribution in [0.1, 0.15) is 63.3 Å². The fraction of sp³-hybridized carbons (Fsp3) is 0.690. The summed E-state index contributed by atoms with van der Waals surface area (Å²) >= 11 is 0. The summed E-state index contributed by atoms with van der Waals surface area (Å²) in [7, 11) is 3.63. The number of benzene rings is 1. The molecule has 1 aromatic heterocycles. The van der Waals surface area contributed by atoms with E-state index in [2.05, 4.69) is 18.0 Å². The van der Waals surface area contributed by atoms with Gasteiger partial charge in [-0.2, -0.15) is 0 Å². The molecule has 9 atom stereocenters. The van der Waals surface area contributed by atoms with Crippen molar-refractivity contribution >= 4 is 16.7 Å². The first-order valence-electron chi connectivity index (χ1n) is 13.6. The number of allylic oxidation sites excluding steroid dienone is 2. The molecule has 3 heterocycles. The minimum atomic E-state index is -2.33. The summed E-state index contributed by atoms with van der Waals surface area (Å²) in [5, 5.41) is 21.9. The first-order valence-corrected chi connectivity index (χ1v) is 13.6. The van der Waals surface area contributed by atoms with Crippen LogP contribution < -0.4 is 0 Å². The van der Waals surface area contributed by atoms with Gasteiger partial charge < -0.3 is 24.3 Å². The number of aliphatic hydroxyl groups is 2. The number of oxazole rings is 1. The van der Waals surface area contributed by atoms with Crippen LogP contribution in [0.3, 0.4) is 0 Å². The molecule has 200 valence electrons. The highest BCUT2D eigenvalue weighted by Gasteiger charge is 2.82. The SMILES string of the molecule is Cc1nc2cc(C3=CCC4[C@@]56CC[C@]7(C[C@H](N(C)C)[C@@H](O)[C@H](O)C7(F)CC5(F)CC[C@]34C)O6)ccc2o1. The molecule has 2 saturated carbocycles. The quantitative estimate of drug-likeness (QED) is 0.614. The van der Waals surface area contributed by atoms with E-state index in [1.807, 2.05) is 44.1 Å². The molecule has 7 rings (SSSR count). The predicted molar refractivity (Wildman–Crippen MR) is 134 cm³/mol. The highest BCUT2D eigenvalue weighted by atomic mass is 19.2. The Kier molecular flexibility index (Phi) is 4.71. The summed E-state index contributed by atoms with van der Waals surface area (Å²) in [5.74, 6) is 0.474. The maximum absolute atomic E-state index is 17.2. The van der Waals surface area contributed by atoms with Crippen LogP contribution in [-0.2, 0) is 4.74 Å². The largest absolute Gasteiger partial charge is 0.441 e. The number of aliphatic hydroxyl groups excluding tert-OH is 2. The lowest BCUT2D eigenvalue weighted by atomic mass is 9.51. The van der Waals surface area contributed by atoms with Crippen LogP contribution in [-0.4, -0.2) is 75.0 Å². The second kappa shape index (κ2) is 7.20. The van der Waals surface area contributed by atoms with E-state index >= 15 is 8.78 Å². The zero-order valence-corrected chi connectivity index (χ0v) is 21.9. The number of fused-ring (bicyclic) bond motifs is 2. The van der Waals surface area contributed by atoms with Gasteiger partial charge in [-0.1, -0.05) is 19.1 Å². The van der Waals surface area contributed by atoms with Crippen LogP contribution in [0.25, 0.3) is 16.7 Å². The van der Waals surface area contributed by atoms with Gasteiger partial charge in [0.25, 0.3) is 0 Å². The summed E-state index contributed by atoms with van der Waals surface area (Å²) < 4.78 is 46.6. The van der Waals surface area contributed by atoms with Crippen molar-refractivity contribution in [3.8, 4) is 0 Å². The zero-order valence-electron chi connectivity index (χ0n) is 21.9. The molecule has 6 nitrogen and oxygen atoms in total. The van der Waals surface area contributed by atoms with E-state index < -0.39 is 47.2 Å². The van der Waals surface area contributed by atoms with Crippen molar-refractivity contribution in [2.75, 3.05) is 14.1 Å². The monoisotopic (exact) mass is 514 g/mol. The third kappa shape index (κ3) is 2.75. The molecule has 2 aliphatic heterocycles. The third-order valence-corrected chi connectivity index (χ3v) is 11.1. The van der Waals surface area contributed by atoms with Gasteiger partial charge in [-0.15, -0.1) is 0 Å². The fourth-order valence-corrected chi connectivity index (χ4v) is 9.18. The van der Waals surface area contributed by atoms with Crippen LogP contribution in [0, 0.1) is 18.3 Å². The van der Waals surface area contributed by atoms with Gasteiger partial charge in [-0.25, -0.2) is 13.8 Å². The second-order valence-corrected chi connectivity index (χ2v) is 12.9. The lowest BCUT2D eigenvalue weighted by molar-refractivity contribution is -0.347. The zero-order chi connectivity index (χ0) is 26.2. The number of alkyl halides is 2. The molecule has 3 aliphatic carbocycles. The van der Waals surface area contributed by atoms with Crippen LogP contribution in [0.4, 0.5) is 8.78 Å². The molecule has 5 aliphatic rings. The molecule has 3 unspecified atom stereocenters. The Balaban J connectivity index is 1.29. The molecular weight excluding hydrogens is 478 g/mol. The predicted octanol–water partition coefficient (Wildman–Crippen LogP) is 4.50. The van der Waals surface area contributed by atoms with Crippen molar-refractivity contribution in [3.05, 3.63) is 35.7 Å². The second-order valence-electron chi connectivity index (χ2n) is 12.9. The summed E-state index contributed by atoms with van der Waals surface area (Å²) in [5.41, 5.74) is -3.23. The molecule has 2 bridgehead atoms. The summed E-state index contributed by atoms with van der Waals surface area (Å²) in [6.45, 7) is 4.03. The van der Waals surface area contributed by atoms with Gasteiger partial charge in [-0.05, 0) is 81.3 Å². The number of hydrogen-bond donors (Lipinski definition) is 2. The van der Waals surface area contributed by atoms with Crippen LogP contribution in [0.15, 0.2) is 28.7 Å². The van der Waals surface area contributed by atoms with E-state index in [1.54, 1.807) is 0 Å². The standard InChI is InChI=1S/C29H36F2N2O4/c1-16-32-19-13-17(5-7-21(19)36-16)18-6-8-22-25(18,2)9-10-26(30)15-28(31)24(35)23(34)20(33(3)4)14-27(28)11-12-29(22,26)37-27/h5-7,13,20,22-24,34-35H,8-12,14-15H2,1-4H3/t20-,22?,23+,24-,25+,26?,27+,28?,29-/m0/s1. The Hall–Kier alpha value is -1.87. The van der Waals surface area contributed by atoms with Gasteiger partial charge in [0.2, 0.25) is 0 Å². The summed E-state index contributed by atoms with van der Waals surface area (Å²) in [6, 6.07) is 5.57. The van der Waals surface area contributed by atoms with Crippen LogP contribution in [0.5, 0.6) is 0 Å². The average molecular weight is 515 g/mol. The van der Waals surface area contributed by atoms with E-state index in [0.29, 0.717) is 31.6 Å². The lowest BCUT2D eigenvalue weighted by Gasteiger charge is -2.65. The van der Waals surface area contributed by atoms with Gasteiger partial charge in [0, 0.05) is 25.3 Å². The highest BCUT2D eigenvalue weighted by molar-refractivity contribution is 5.82. The summed E-state index contributed by atoms with van der Waals surface area (Å²) in [4.78, 5) is 6.32. The number of ether oxygens (including phenoxy) is 1. The Morgan fingerprint density at radius 2 is 1.89 bits per heavy atom. The van der Waals surface area contributed by atoms with Gasteiger partial charge in [0.15, 0.2) is 17.1 Å². The molecule has 2 saturated heterocycles. The number of aryl methyl sites for hydroxylation is 1. The number of likely N-dealkylation sites (N-methyl/N-ethyl adjacent to an activating group) is 1. The molecule has 0 radical (unpaired) electrons. The Bertz CT molecular complexity index is 1330. The van der Waals surface area contributed by atoms with Gasteiger partial charge >= 0.3 is 0 Å². The molecular formula is C29H36F2N2O4. The van der Waals surface area contributed by atoms with Gasteiger partial charge in [0.05, 0.1) is 6.10 Å². The third-order valence-electron chi connectivity index (χ3n) is 11.1. The van der Waals surface area contributed by atoms with Crippen molar-refractivity contribution in [3.63, 3.8) is 0 Å². The minimum Gasteiger partial charge on any atom is -0.441 e. The number of nitrogens with zero attached hydrogens (tertiary/aromatic N) is 2. The smallest absolute Gasteiger partial charge is 0.192 e. The van der Waals surface area contributed by atoms with Crippen LogP contribution >= 0.6 is 0 Å². The van der Waals surface area contributed by atoms with E-state index in [1.165, 1.54) is 5.57 Å². The van der Waals surface area contributed by atoms with E-state index in [-0.39, 0.29) is 24.2 Å². The van der Waals surface area contributed by atoms with Crippen molar-refractivity contribution < 1.29 is 28.1 Å². The fourth-order valence-electron chi connectivity index (χ4n) is 9.18. The van der Waals surface area contributed by atoms with E-state index in [9.17, 15) is 10.2 Å². The normalized spacial score (nSPS) is 48.6. The van der Waals surface area contributed by atoms with E-state index in [4.69, 9.17) is 9.15 Å². The molecule has 2 spiro atoms. The molecule has 8 heteroatoms. The molecule has 2 aromatic rings. The molecule has 1 aromatic carbocycles. The first-order chi connectivity index (χ1) is 17.4. The van der Waals surface area contributed by atoms with Gasteiger partial charge in [0.1, 0.15) is 28.5 Å². The summed E-state index contributed by atoms with van der Waals surface area (Å²) in [6.07, 6.45) is 1.17. The maximum atomic E-state index is 17.2. The average Bonchev–Trinajstić information content (AvgIpc) is 3.50. The van der Waals surface area contributed by atoms with Crippen molar-refractivity contribution in [2.24, 2.45) is 11.3 Å². The highest BCUT2D eigenvalue weighted by Crippen LogP contribution is 2.74. The van der Waals surface area contributed by atoms with E-state index in [0.717, 1.165) is 16.7 Å². The molecule has 0 amide bonds. The van der Waals surface area contributed by atoms with Crippen molar-refractivity contribution in [1.82, 2.24) is 9.88 Å². The number of rotatable bonds is 2. The minimum absolute atomic E-state index is 0.144. The number of hydrogen-bond acceptors (Lipinski definition) is 6. The molecule has 4 fully saturated rings.